The van der Waals surface area contributed by atoms with Gasteiger partial charge >= 0.3 is 0 Å². The van der Waals surface area contributed by atoms with E-state index in [1.807, 2.05) is 24.3 Å². The van der Waals surface area contributed by atoms with Gasteiger partial charge in [0.15, 0.2) is 0 Å². The second kappa shape index (κ2) is 35.6. The van der Waals surface area contributed by atoms with E-state index in [4.69, 9.17) is 6.85 Å². The smallest absolute Gasteiger partial charge is 0.0629 e. The highest BCUT2D eigenvalue weighted by Crippen LogP contribution is 2.54. The van der Waals surface area contributed by atoms with Gasteiger partial charge in [0.05, 0.1) is 40.0 Å². The number of hydrogen-bond donors (Lipinski definition) is 0. The molecule has 15 aromatic carbocycles. The summed E-state index contributed by atoms with van der Waals surface area (Å²) in [5.41, 5.74) is 37.9. The predicted molar refractivity (Wildman–Crippen MR) is 601 cm³/mol. The van der Waals surface area contributed by atoms with Gasteiger partial charge in [-0.15, -0.1) is 0 Å². The van der Waals surface area contributed by atoms with Crippen LogP contribution in [-0.4, -0.2) is 13.7 Å². The molecule has 0 saturated carbocycles. The van der Waals surface area contributed by atoms with E-state index >= 15 is 0 Å². The first-order chi connectivity index (χ1) is 66.0. The van der Waals surface area contributed by atoms with E-state index in [0.29, 0.717) is 5.56 Å². The number of benzene rings is 15. The molecule has 0 fully saturated rings. The molecule has 3 aromatic heterocycles. The average molecular weight is 1810 g/mol. The molecule has 0 atom stereocenters. The average Bonchev–Trinajstić information content (AvgIpc) is 1.55. The molecule has 0 N–H and O–H groups in total. The van der Waals surface area contributed by atoms with Crippen LogP contribution in [0.15, 0.2) is 315 Å². The summed E-state index contributed by atoms with van der Waals surface area (Å²) in [4.78, 5) is 0. The van der Waals surface area contributed by atoms with E-state index in [1.54, 1.807) is 0 Å². The van der Waals surface area contributed by atoms with Crippen LogP contribution in [0.4, 0.5) is 0 Å². The zero-order valence-electron chi connectivity index (χ0n) is 93.5. The fourth-order valence-corrected chi connectivity index (χ4v) is 20.4. The number of aromatic nitrogens is 3. The Bertz CT molecular complexity index is 7730. The minimum atomic E-state index is -0.454. The van der Waals surface area contributed by atoms with Crippen molar-refractivity contribution in [2.45, 2.75) is 288 Å². The number of nitrogens with zero attached hydrogens (tertiary/aromatic N) is 3. The fraction of sp³-hybridized carbons (Fsp3) is 0.328. The van der Waals surface area contributed by atoms with Crippen LogP contribution >= 0.6 is 0 Å². The Morgan fingerprint density at radius 2 is 0.365 bits per heavy atom. The summed E-state index contributed by atoms with van der Waals surface area (Å²) in [7, 11) is 0. The van der Waals surface area contributed by atoms with E-state index in [9.17, 15) is 0 Å². The summed E-state index contributed by atoms with van der Waals surface area (Å²) in [5.74, 6) is 0. The Morgan fingerprint density at radius 3 is 0.591 bits per heavy atom. The zero-order valence-corrected chi connectivity index (χ0v) is 88.5. The Labute approximate surface area is 829 Å². The molecule has 0 bridgehead atoms. The standard InChI is InChI=1S/C50H61N.2C42H45N/c1-46(2,3)34-26-32(27-35(30-34)47(4,5)6)39-22-19-23-41-43(39)44-42(51(41)38-20-17-16-18-21-38)25-24-40(45(44)50(13,14)15)33-28-36(48(7,8)9)31-37(29-33)49(10,11)12;2*1-40(2,3)30-25-29(26-31(27-30)41(4,5)6)33-21-16-22-35-37(33)38-36(43(35)32-19-14-11-15-20-32)24-23-34(39(38)42(7,8)9)28-17-12-10-13-18-28/h16-31H,1-15H3;2*10-27H,1-9H3/i;10D,12D,13D,17D,18D;. The molecule has 0 saturated heterocycles. The van der Waals surface area contributed by atoms with Crippen molar-refractivity contribution in [3.05, 3.63) is 377 Å². The van der Waals surface area contributed by atoms with Gasteiger partial charge in [0.2, 0.25) is 0 Å². The van der Waals surface area contributed by atoms with Crippen molar-refractivity contribution in [2.75, 3.05) is 0 Å². The zero-order chi connectivity index (χ0) is 103. The monoisotopic (exact) mass is 1810 g/mol. The summed E-state index contributed by atoms with van der Waals surface area (Å²) in [6.45, 7) is 76.2. The van der Waals surface area contributed by atoms with Crippen molar-refractivity contribution < 1.29 is 6.85 Å². The highest BCUT2D eigenvalue weighted by atomic mass is 15.0. The maximum atomic E-state index is 8.95. The summed E-state index contributed by atoms with van der Waals surface area (Å²) >= 11 is 0. The van der Waals surface area contributed by atoms with Gasteiger partial charge in [-0.2, -0.15) is 0 Å². The van der Waals surface area contributed by atoms with Gasteiger partial charge in [0.1, 0.15) is 0 Å². The summed E-state index contributed by atoms with van der Waals surface area (Å²) in [6, 6.07) is 104. The molecule has 0 aliphatic carbocycles. The largest absolute Gasteiger partial charge is 0.309 e. The maximum Gasteiger partial charge on any atom is 0.0629 e. The third-order valence-corrected chi connectivity index (χ3v) is 27.9. The number of para-hydroxylation sites is 3. The van der Waals surface area contributed by atoms with Gasteiger partial charge in [-0.3, -0.25) is 0 Å². The summed E-state index contributed by atoms with van der Waals surface area (Å²) < 4.78 is 50.4. The minimum Gasteiger partial charge on any atom is -0.309 e. The minimum absolute atomic E-state index is 0.0223. The molecular weight excluding hydrogens is 1650 g/mol. The van der Waals surface area contributed by atoms with Crippen molar-refractivity contribution in [3.63, 3.8) is 0 Å². The first-order valence-electron chi connectivity index (χ1n) is 52.3. The third-order valence-electron chi connectivity index (χ3n) is 27.9. The first-order valence-corrected chi connectivity index (χ1v) is 49.8. The second-order valence-electron chi connectivity index (χ2n) is 50.1. The van der Waals surface area contributed by atoms with Crippen LogP contribution in [0.2, 0.25) is 0 Å². The molecule has 0 spiro atoms. The van der Waals surface area contributed by atoms with Crippen molar-refractivity contribution >= 4 is 65.4 Å². The van der Waals surface area contributed by atoms with Crippen LogP contribution in [0.3, 0.4) is 0 Å². The molecule has 702 valence electrons. The van der Waals surface area contributed by atoms with E-state index in [-0.39, 0.29) is 89.9 Å². The van der Waals surface area contributed by atoms with E-state index in [1.165, 1.54) is 155 Å². The molecule has 0 unspecified atom stereocenters. The lowest BCUT2D eigenvalue weighted by atomic mass is 9.75. The lowest BCUT2D eigenvalue weighted by molar-refractivity contribution is 0.568. The molecule has 18 aromatic rings. The first kappa shape index (κ1) is 91.1. The highest BCUT2D eigenvalue weighted by molar-refractivity contribution is 6.22. The number of fused-ring (bicyclic) bond motifs is 9. The van der Waals surface area contributed by atoms with Gasteiger partial charge < -0.3 is 13.7 Å². The fourth-order valence-electron chi connectivity index (χ4n) is 20.4. The number of hydrogen-bond acceptors (Lipinski definition) is 0. The molecular formula is C134H151N3. The molecule has 0 radical (unpaired) electrons. The topological polar surface area (TPSA) is 14.8 Å². The van der Waals surface area contributed by atoms with E-state index in [0.717, 1.165) is 44.2 Å². The Kier molecular flexibility index (Phi) is 23.7. The molecule has 3 nitrogen and oxygen atoms in total. The van der Waals surface area contributed by atoms with Crippen LogP contribution in [0, 0.1) is 0 Å². The number of rotatable bonds is 9. The summed E-state index contributed by atoms with van der Waals surface area (Å²) in [5, 5.41) is 7.47. The normalized spacial score (nSPS) is 13.5. The van der Waals surface area contributed by atoms with E-state index < -0.39 is 5.41 Å². The van der Waals surface area contributed by atoms with Gasteiger partial charge in [0.25, 0.3) is 0 Å². The molecule has 0 aliphatic rings. The lowest BCUT2D eigenvalue weighted by Crippen LogP contribution is -2.17. The van der Waals surface area contributed by atoms with E-state index in [2.05, 4.69) is 503 Å². The van der Waals surface area contributed by atoms with Crippen molar-refractivity contribution in [1.82, 2.24) is 13.7 Å². The molecule has 0 amide bonds. The van der Waals surface area contributed by atoms with Crippen molar-refractivity contribution in [3.8, 4) is 83.8 Å². The van der Waals surface area contributed by atoms with Crippen molar-refractivity contribution in [2.24, 2.45) is 0 Å². The van der Waals surface area contributed by atoms with Crippen LogP contribution < -0.4 is 0 Å². The van der Waals surface area contributed by atoms with Crippen LogP contribution in [0.1, 0.15) is 297 Å². The quantitative estimate of drug-likeness (QED) is 0.137. The molecule has 3 heteroatoms. The molecule has 3 heterocycles. The summed E-state index contributed by atoms with van der Waals surface area (Å²) in [6.07, 6.45) is 0. The Hall–Kier alpha value is -12.3. The van der Waals surface area contributed by atoms with Crippen molar-refractivity contribution in [1.29, 1.82) is 0 Å². The Morgan fingerprint density at radius 1 is 0.161 bits per heavy atom. The van der Waals surface area contributed by atoms with Crippen LogP contribution in [0.5, 0.6) is 0 Å². The van der Waals surface area contributed by atoms with Gasteiger partial charge in [-0.25, -0.2) is 0 Å². The predicted octanol–water partition coefficient (Wildman–Crippen LogP) is 38.6. The molecule has 137 heavy (non-hydrogen) atoms. The SMILES string of the molecule is CC(C)(C)c1cc(-c2ccc3c(c2C(C)(C)C)c2c(-c4cc(C(C)(C)C)cc(C(C)(C)C)c4)cccc2n3-c2ccccc2)cc(C(C)(C)C)c1.CC(C)(C)c1cc(-c2cccc3c2c2c(C(C)(C)C)c(-c4ccccc4)ccc2n3-c2ccccc2)cc(C(C)(C)C)c1.[2H]c1c([2H])c([2H])c(-c2ccc3c(c2C(C)(C)C)c2c(-c4cc(C(C)(C)C)cc(C(C)(C)C)c4)cccc2n3-c2ccccc2)c([2H])c1[2H]. The van der Waals surface area contributed by atoms with Crippen LogP contribution in [-0.2, 0) is 59.6 Å². The third kappa shape index (κ3) is 19.5. The maximum absolute atomic E-state index is 8.95. The Balaban J connectivity index is 0.000000154. The molecule has 0 aliphatic heterocycles. The van der Waals surface area contributed by atoms with Gasteiger partial charge in [0, 0.05) is 49.4 Å². The highest BCUT2D eigenvalue weighted by Gasteiger charge is 2.36. The van der Waals surface area contributed by atoms with Crippen LogP contribution in [0.25, 0.3) is 149 Å². The second-order valence-corrected chi connectivity index (χ2v) is 50.1. The molecule has 18 rings (SSSR count). The van der Waals surface area contributed by atoms with Gasteiger partial charge in [-0.1, -0.05) is 471 Å². The van der Waals surface area contributed by atoms with Gasteiger partial charge in [-0.05, 0) is 260 Å². The lowest BCUT2D eigenvalue weighted by Gasteiger charge is -2.29.